The van der Waals surface area contributed by atoms with Crippen LogP contribution < -0.4 is 0 Å². The molecule has 1 atom stereocenters. The quantitative estimate of drug-likeness (QED) is 0.581. The number of hydrogen-bond acceptors (Lipinski definition) is 2. The molecule has 21 heavy (non-hydrogen) atoms. The van der Waals surface area contributed by atoms with Gasteiger partial charge in [-0.2, -0.15) is 0 Å². The highest BCUT2D eigenvalue weighted by molar-refractivity contribution is 9.10. The Balaban J connectivity index is 2.16. The zero-order valence-electron chi connectivity index (χ0n) is 11.2. The molecule has 108 valence electrons. The van der Waals surface area contributed by atoms with Crippen LogP contribution in [-0.2, 0) is 5.88 Å². The summed E-state index contributed by atoms with van der Waals surface area (Å²) >= 11 is 15.4. The first-order chi connectivity index (χ1) is 10.1. The van der Waals surface area contributed by atoms with Gasteiger partial charge in [0.2, 0.25) is 0 Å². The number of halogens is 3. The molecule has 0 spiro atoms. The molecule has 2 heterocycles. The van der Waals surface area contributed by atoms with Gasteiger partial charge in [0.1, 0.15) is 11.3 Å². The highest BCUT2D eigenvalue weighted by atomic mass is 79.9. The van der Waals surface area contributed by atoms with E-state index in [4.69, 9.17) is 23.2 Å². The molecule has 0 radical (unpaired) electrons. The van der Waals surface area contributed by atoms with E-state index < -0.39 is 0 Å². The summed E-state index contributed by atoms with van der Waals surface area (Å²) in [6, 6.07) is 9.82. The summed E-state index contributed by atoms with van der Waals surface area (Å²) < 4.78 is 2.97. The lowest BCUT2D eigenvalue weighted by Crippen LogP contribution is -2.10. The summed E-state index contributed by atoms with van der Waals surface area (Å²) in [7, 11) is 0. The van der Waals surface area contributed by atoms with E-state index in [2.05, 4.69) is 37.4 Å². The van der Waals surface area contributed by atoms with Crippen molar-refractivity contribution in [2.24, 2.45) is 0 Å². The van der Waals surface area contributed by atoms with Gasteiger partial charge in [0, 0.05) is 15.7 Å². The van der Waals surface area contributed by atoms with Crippen molar-refractivity contribution in [2.75, 3.05) is 0 Å². The van der Waals surface area contributed by atoms with Crippen molar-refractivity contribution in [3.05, 3.63) is 57.4 Å². The first-order valence-corrected chi connectivity index (χ1v) is 8.14. The molecule has 0 aliphatic carbocycles. The Hall–Kier alpha value is -1.10. The molecule has 1 unspecified atom stereocenters. The van der Waals surface area contributed by atoms with Gasteiger partial charge in [-0.1, -0.05) is 23.7 Å². The number of nitrogens with zero attached hydrogens (tertiary/aromatic N) is 3. The Bertz CT molecular complexity index is 783. The van der Waals surface area contributed by atoms with Gasteiger partial charge in [-0.15, -0.1) is 11.6 Å². The van der Waals surface area contributed by atoms with Gasteiger partial charge >= 0.3 is 0 Å². The molecular weight excluding hydrogens is 373 g/mol. The van der Waals surface area contributed by atoms with Crippen LogP contribution in [0.15, 0.2) is 41.0 Å². The van der Waals surface area contributed by atoms with Gasteiger partial charge in [0.05, 0.1) is 11.9 Å². The molecule has 2 aromatic heterocycles. The third kappa shape index (κ3) is 2.80. The number of aromatic nitrogens is 3. The van der Waals surface area contributed by atoms with Crippen molar-refractivity contribution < 1.29 is 0 Å². The molecule has 6 heteroatoms. The Labute approximate surface area is 141 Å². The summed E-state index contributed by atoms with van der Waals surface area (Å²) in [6.07, 6.45) is 1.77. The van der Waals surface area contributed by atoms with Gasteiger partial charge in [-0.25, -0.2) is 9.97 Å². The summed E-state index contributed by atoms with van der Waals surface area (Å²) in [6.45, 7) is 2.10. The maximum atomic E-state index is 6.06. The SMILES string of the molecule is CC(c1ccc(Cl)cc1)n1c(CCl)nc2cc(Br)cnc21. The van der Waals surface area contributed by atoms with Crippen LogP contribution in [0.4, 0.5) is 0 Å². The highest BCUT2D eigenvalue weighted by Gasteiger charge is 2.18. The van der Waals surface area contributed by atoms with Crippen LogP contribution in [-0.4, -0.2) is 14.5 Å². The number of hydrogen-bond donors (Lipinski definition) is 0. The number of fused-ring (bicyclic) bond motifs is 1. The summed E-state index contributed by atoms with van der Waals surface area (Å²) in [5, 5.41) is 0.723. The van der Waals surface area contributed by atoms with Crippen molar-refractivity contribution >= 4 is 50.3 Å². The highest BCUT2D eigenvalue weighted by Crippen LogP contribution is 2.27. The number of imidazole rings is 1. The summed E-state index contributed by atoms with van der Waals surface area (Å²) in [5.41, 5.74) is 2.80. The zero-order valence-corrected chi connectivity index (χ0v) is 14.3. The zero-order chi connectivity index (χ0) is 15.0. The van der Waals surface area contributed by atoms with Crippen molar-refractivity contribution in [1.29, 1.82) is 0 Å². The Morgan fingerprint density at radius 2 is 2.00 bits per heavy atom. The van der Waals surface area contributed by atoms with Crippen LogP contribution in [0.3, 0.4) is 0 Å². The molecule has 0 fully saturated rings. The third-order valence-corrected chi connectivity index (χ3v) is 4.35. The molecular formula is C15H12BrCl2N3. The molecule has 0 bridgehead atoms. The average molecular weight is 385 g/mol. The van der Waals surface area contributed by atoms with E-state index in [1.807, 2.05) is 30.3 Å². The van der Waals surface area contributed by atoms with Crippen molar-refractivity contribution in [2.45, 2.75) is 18.8 Å². The predicted molar refractivity (Wildman–Crippen MR) is 90.1 cm³/mol. The molecule has 0 aliphatic heterocycles. The molecule has 0 saturated heterocycles. The molecule has 0 saturated carbocycles. The van der Waals surface area contributed by atoms with Crippen molar-refractivity contribution in [1.82, 2.24) is 14.5 Å². The maximum Gasteiger partial charge on any atom is 0.160 e. The first kappa shape index (κ1) is 14.8. The maximum absolute atomic E-state index is 6.06. The lowest BCUT2D eigenvalue weighted by Gasteiger charge is -2.17. The Kier molecular flexibility index (Phi) is 4.20. The minimum Gasteiger partial charge on any atom is -0.304 e. The largest absolute Gasteiger partial charge is 0.304 e. The second-order valence-corrected chi connectivity index (χ2v) is 6.37. The van der Waals surface area contributed by atoms with Gasteiger partial charge in [-0.3, -0.25) is 0 Å². The van der Waals surface area contributed by atoms with E-state index in [0.29, 0.717) is 5.88 Å². The van der Waals surface area contributed by atoms with E-state index in [1.165, 1.54) is 0 Å². The molecule has 3 rings (SSSR count). The van der Waals surface area contributed by atoms with E-state index >= 15 is 0 Å². The Morgan fingerprint density at radius 1 is 1.29 bits per heavy atom. The number of benzene rings is 1. The van der Waals surface area contributed by atoms with E-state index in [0.717, 1.165) is 32.0 Å². The van der Waals surface area contributed by atoms with Crippen LogP contribution in [0.25, 0.3) is 11.2 Å². The summed E-state index contributed by atoms with van der Waals surface area (Å²) in [5.74, 6) is 1.14. The first-order valence-electron chi connectivity index (χ1n) is 6.44. The van der Waals surface area contributed by atoms with Crippen LogP contribution in [0.1, 0.15) is 24.4 Å². The molecule has 0 amide bonds. The monoisotopic (exact) mass is 383 g/mol. The van der Waals surface area contributed by atoms with Gasteiger partial charge in [0.15, 0.2) is 5.65 Å². The second-order valence-electron chi connectivity index (χ2n) is 4.76. The topological polar surface area (TPSA) is 30.7 Å². The van der Waals surface area contributed by atoms with Crippen LogP contribution in [0.5, 0.6) is 0 Å². The molecule has 3 nitrogen and oxygen atoms in total. The van der Waals surface area contributed by atoms with Crippen LogP contribution in [0, 0.1) is 0 Å². The number of alkyl halides is 1. The lowest BCUT2D eigenvalue weighted by atomic mass is 10.1. The van der Waals surface area contributed by atoms with Gasteiger partial charge in [0.25, 0.3) is 0 Å². The third-order valence-electron chi connectivity index (χ3n) is 3.43. The van der Waals surface area contributed by atoms with Gasteiger partial charge < -0.3 is 4.57 Å². The molecule has 3 aromatic rings. The lowest BCUT2D eigenvalue weighted by molar-refractivity contribution is 0.629. The van der Waals surface area contributed by atoms with Crippen molar-refractivity contribution in [3.63, 3.8) is 0 Å². The Morgan fingerprint density at radius 3 is 2.67 bits per heavy atom. The average Bonchev–Trinajstić information content (AvgIpc) is 2.84. The van der Waals surface area contributed by atoms with Crippen molar-refractivity contribution in [3.8, 4) is 0 Å². The van der Waals surface area contributed by atoms with Crippen LogP contribution >= 0.6 is 39.1 Å². The minimum atomic E-state index is 0.0784. The normalized spacial score (nSPS) is 12.8. The van der Waals surface area contributed by atoms with Gasteiger partial charge in [-0.05, 0) is 46.6 Å². The second kappa shape index (κ2) is 5.95. The molecule has 1 aromatic carbocycles. The van der Waals surface area contributed by atoms with E-state index in [1.54, 1.807) is 6.20 Å². The number of rotatable bonds is 3. The fourth-order valence-electron chi connectivity index (χ4n) is 2.40. The molecule has 0 N–H and O–H groups in total. The minimum absolute atomic E-state index is 0.0784. The molecule has 0 aliphatic rings. The predicted octanol–water partition coefficient (Wildman–Crippen LogP) is 5.20. The van der Waals surface area contributed by atoms with E-state index in [-0.39, 0.29) is 6.04 Å². The van der Waals surface area contributed by atoms with Crippen LogP contribution in [0.2, 0.25) is 5.02 Å². The summed E-state index contributed by atoms with van der Waals surface area (Å²) in [4.78, 5) is 9.05. The number of pyridine rings is 1. The fourth-order valence-corrected chi connectivity index (χ4v) is 3.03. The van der Waals surface area contributed by atoms with E-state index in [9.17, 15) is 0 Å². The fraction of sp³-hybridized carbons (Fsp3) is 0.200. The standard InChI is InChI=1S/C15H12BrCl2N3/c1-9(10-2-4-12(18)5-3-10)21-14(7-17)20-13-6-11(16)8-19-15(13)21/h2-6,8-9H,7H2,1H3. The smallest absolute Gasteiger partial charge is 0.160 e.